The number of hydrogen-bond acceptors (Lipinski definition) is 5. The summed E-state index contributed by atoms with van der Waals surface area (Å²) in [4.78, 5) is 25.6. The minimum atomic E-state index is -3.20. The summed E-state index contributed by atoms with van der Waals surface area (Å²) in [6, 6.07) is 15.2. The second kappa shape index (κ2) is 7.94. The summed E-state index contributed by atoms with van der Waals surface area (Å²) in [6.07, 6.45) is 1.12. The van der Waals surface area contributed by atoms with Crippen molar-refractivity contribution in [2.45, 2.75) is 5.75 Å². The minimum absolute atomic E-state index is 0.163. The summed E-state index contributed by atoms with van der Waals surface area (Å²) in [7, 11) is -1.60. The molecule has 7 heteroatoms. The Morgan fingerprint density at radius 1 is 1.04 bits per heavy atom. The van der Waals surface area contributed by atoms with Crippen molar-refractivity contribution in [1.82, 2.24) is 0 Å². The van der Waals surface area contributed by atoms with Crippen molar-refractivity contribution >= 4 is 27.4 Å². The normalized spacial score (nSPS) is 11.0. The first kappa shape index (κ1) is 18.7. The van der Waals surface area contributed by atoms with Gasteiger partial charge >= 0.3 is 5.97 Å². The van der Waals surface area contributed by atoms with Crippen LogP contribution in [0.25, 0.3) is 0 Å². The lowest BCUT2D eigenvalue weighted by Gasteiger charge is -2.17. The van der Waals surface area contributed by atoms with Crippen LogP contribution in [0.2, 0.25) is 0 Å². The van der Waals surface area contributed by atoms with Crippen molar-refractivity contribution in [3.8, 4) is 0 Å². The third kappa shape index (κ3) is 5.72. The molecule has 0 bridgehead atoms. The zero-order chi connectivity index (χ0) is 18.4. The highest BCUT2D eigenvalue weighted by Gasteiger charge is 2.15. The van der Waals surface area contributed by atoms with E-state index in [2.05, 4.69) is 0 Å². The van der Waals surface area contributed by atoms with E-state index in [-0.39, 0.29) is 17.2 Å². The van der Waals surface area contributed by atoms with Crippen LogP contribution < -0.4 is 4.90 Å². The Balaban J connectivity index is 1.98. The summed E-state index contributed by atoms with van der Waals surface area (Å²) >= 11 is 0. The van der Waals surface area contributed by atoms with Gasteiger partial charge in [0.25, 0.3) is 5.91 Å². The maximum absolute atomic E-state index is 12.1. The molecule has 0 saturated carbocycles. The van der Waals surface area contributed by atoms with E-state index in [1.165, 1.54) is 17.0 Å². The average Bonchev–Trinajstić information content (AvgIpc) is 2.58. The molecule has 25 heavy (non-hydrogen) atoms. The number of ether oxygens (including phenoxy) is 1. The molecule has 0 fully saturated rings. The molecule has 0 atom stereocenters. The molecule has 0 saturated heterocycles. The topological polar surface area (TPSA) is 80.8 Å². The molecule has 0 aliphatic heterocycles. The smallest absolute Gasteiger partial charge is 0.338 e. The highest BCUT2D eigenvalue weighted by atomic mass is 32.2. The molecule has 0 aromatic heterocycles. The largest absolute Gasteiger partial charge is 0.452 e. The Hall–Kier alpha value is -2.67. The molecule has 0 N–H and O–H groups in total. The van der Waals surface area contributed by atoms with Gasteiger partial charge in [0.1, 0.15) is 0 Å². The summed E-state index contributed by atoms with van der Waals surface area (Å²) in [5.41, 5.74) is 1.39. The Kier molecular flexibility index (Phi) is 5.93. The van der Waals surface area contributed by atoms with E-state index in [0.717, 1.165) is 6.26 Å². The number of para-hydroxylation sites is 1. The number of sulfone groups is 1. The predicted octanol–water partition coefficient (Wildman–Crippen LogP) is 2.05. The number of benzene rings is 2. The average molecular weight is 361 g/mol. The zero-order valence-electron chi connectivity index (χ0n) is 14.0. The number of likely N-dealkylation sites (N-methyl/N-ethyl adjacent to an activating group) is 1. The number of carbonyl (C=O) groups is 2. The van der Waals surface area contributed by atoms with Crippen molar-refractivity contribution in [3.05, 3.63) is 65.7 Å². The van der Waals surface area contributed by atoms with Gasteiger partial charge in [-0.25, -0.2) is 13.2 Å². The molecular formula is C18H19NO5S. The summed E-state index contributed by atoms with van der Waals surface area (Å²) in [5.74, 6) is -1.21. The van der Waals surface area contributed by atoms with Gasteiger partial charge in [-0.3, -0.25) is 4.79 Å². The first-order chi connectivity index (χ1) is 11.8. The van der Waals surface area contributed by atoms with E-state index in [0.29, 0.717) is 11.3 Å². The number of hydrogen-bond donors (Lipinski definition) is 0. The highest BCUT2D eigenvalue weighted by Crippen LogP contribution is 2.12. The van der Waals surface area contributed by atoms with Crippen molar-refractivity contribution in [2.75, 3.05) is 24.8 Å². The molecule has 0 spiro atoms. The van der Waals surface area contributed by atoms with Crippen LogP contribution in [0.4, 0.5) is 5.69 Å². The zero-order valence-corrected chi connectivity index (χ0v) is 14.8. The molecule has 0 radical (unpaired) electrons. The maximum atomic E-state index is 12.1. The van der Waals surface area contributed by atoms with E-state index in [1.807, 2.05) is 6.07 Å². The fourth-order valence-corrected chi connectivity index (χ4v) is 2.98. The first-order valence-electron chi connectivity index (χ1n) is 7.51. The quantitative estimate of drug-likeness (QED) is 0.736. The number of esters is 1. The van der Waals surface area contributed by atoms with Crippen molar-refractivity contribution in [3.63, 3.8) is 0 Å². The van der Waals surface area contributed by atoms with Crippen molar-refractivity contribution < 1.29 is 22.7 Å². The summed E-state index contributed by atoms with van der Waals surface area (Å²) in [5, 5.41) is 0. The van der Waals surface area contributed by atoms with E-state index in [9.17, 15) is 18.0 Å². The molecule has 0 unspecified atom stereocenters. The molecule has 0 aliphatic carbocycles. The molecule has 2 aromatic rings. The summed E-state index contributed by atoms with van der Waals surface area (Å²) in [6.45, 7) is -0.402. The number of nitrogens with zero attached hydrogens (tertiary/aromatic N) is 1. The fourth-order valence-electron chi connectivity index (χ4n) is 2.19. The van der Waals surface area contributed by atoms with Crippen LogP contribution >= 0.6 is 0 Å². The lowest BCUT2D eigenvalue weighted by atomic mass is 10.1. The second-order valence-electron chi connectivity index (χ2n) is 5.63. The Labute approximate surface area is 146 Å². The Morgan fingerprint density at radius 3 is 2.36 bits per heavy atom. The number of carbonyl (C=O) groups excluding carboxylic acids is 2. The van der Waals surface area contributed by atoms with Crippen LogP contribution in [0.5, 0.6) is 0 Å². The predicted molar refractivity (Wildman–Crippen MR) is 95.1 cm³/mol. The number of rotatable bonds is 6. The molecule has 6 nitrogen and oxygen atoms in total. The van der Waals surface area contributed by atoms with Crippen LogP contribution in [0, 0.1) is 0 Å². The van der Waals surface area contributed by atoms with Gasteiger partial charge < -0.3 is 9.64 Å². The molecule has 132 valence electrons. The van der Waals surface area contributed by atoms with Crippen LogP contribution in [-0.2, 0) is 25.1 Å². The first-order valence-corrected chi connectivity index (χ1v) is 9.58. The third-order valence-corrected chi connectivity index (χ3v) is 4.29. The summed E-state index contributed by atoms with van der Waals surface area (Å²) < 4.78 is 27.7. The van der Waals surface area contributed by atoms with Crippen LogP contribution in [0.1, 0.15) is 15.9 Å². The maximum Gasteiger partial charge on any atom is 0.338 e. The monoisotopic (exact) mass is 361 g/mol. The van der Waals surface area contributed by atoms with Gasteiger partial charge in [0.2, 0.25) is 0 Å². The SMILES string of the molecule is CN(C(=O)COC(=O)c1cccc(CS(C)(=O)=O)c1)c1ccccc1. The second-order valence-corrected chi connectivity index (χ2v) is 7.78. The Bertz CT molecular complexity index is 862. The van der Waals surface area contributed by atoms with E-state index < -0.39 is 22.4 Å². The van der Waals surface area contributed by atoms with E-state index in [1.54, 1.807) is 43.4 Å². The molecule has 0 aliphatic rings. The van der Waals surface area contributed by atoms with Gasteiger partial charge in [-0.15, -0.1) is 0 Å². The number of anilines is 1. The Morgan fingerprint density at radius 2 is 1.72 bits per heavy atom. The van der Waals surface area contributed by atoms with Gasteiger partial charge in [0.05, 0.1) is 11.3 Å². The molecule has 2 rings (SSSR count). The van der Waals surface area contributed by atoms with Gasteiger partial charge in [-0.2, -0.15) is 0 Å². The van der Waals surface area contributed by atoms with Gasteiger partial charge in [0.15, 0.2) is 16.4 Å². The molecule has 1 amide bonds. The highest BCUT2D eigenvalue weighted by molar-refractivity contribution is 7.89. The lowest BCUT2D eigenvalue weighted by Crippen LogP contribution is -2.31. The van der Waals surface area contributed by atoms with Gasteiger partial charge in [-0.05, 0) is 29.8 Å². The number of amides is 1. The standard InChI is InChI=1S/C18H19NO5S/c1-19(16-9-4-3-5-10-16)17(20)12-24-18(21)15-8-6-7-14(11-15)13-25(2,22)23/h3-11H,12-13H2,1-2H3. The van der Waals surface area contributed by atoms with Crippen molar-refractivity contribution in [2.24, 2.45) is 0 Å². The van der Waals surface area contributed by atoms with Gasteiger partial charge in [0, 0.05) is 19.0 Å². The van der Waals surface area contributed by atoms with Gasteiger partial charge in [-0.1, -0.05) is 30.3 Å². The van der Waals surface area contributed by atoms with E-state index in [4.69, 9.17) is 4.74 Å². The lowest BCUT2D eigenvalue weighted by molar-refractivity contribution is -0.121. The fraction of sp³-hybridized carbons (Fsp3) is 0.222. The minimum Gasteiger partial charge on any atom is -0.452 e. The van der Waals surface area contributed by atoms with Crippen LogP contribution in [0.15, 0.2) is 54.6 Å². The van der Waals surface area contributed by atoms with Crippen molar-refractivity contribution in [1.29, 1.82) is 0 Å². The molecule has 0 heterocycles. The van der Waals surface area contributed by atoms with Crippen LogP contribution in [-0.4, -0.2) is 40.2 Å². The molecular weight excluding hydrogens is 342 g/mol. The third-order valence-electron chi connectivity index (χ3n) is 3.44. The van der Waals surface area contributed by atoms with E-state index >= 15 is 0 Å². The molecule has 2 aromatic carbocycles. The van der Waals surface area contributed by atoms with Crippen LogP contribution in [0.3, 0.4) is 0 Å².